The SMILES string of the molecule is CC1=COCCN1c1nc(N2CCC2c2cccnc2C(F)(F)F)c2cccnc2n1. The van der Waals surface area contributed by atoms with Gasteiger partial charge in [0.2, 0.25) is 5.95 Å². The molecule has 5 rings (SSSR count). The van der Waals surface area contributed by atoms with Gasteiger partial charge in [0.1, 0.15) is 24.4 Å². The minimum atomic E-state index is -4.52. The average molecular weight is 428 g/mol. The monoisotopic (exact) mass is 428 g/mol. The zero-order valence-corrected chi connectivity index (χ0v) is 16.7. The van der Waals surface area contributed by atoms with Gasteiger partial charge in [-0.2, -0.15) is 23.1 Å². The molecule has 0 saturated carbocycles. The number of pyridine rings is 2. The highest BCUT2D eigenvalue weighted by molar-refractivity contribution is 5.88. The van der Waals surface area contributed by atoms with Crippen molar-refractivity contribution < 1.29 is 17.9 Å². The number of fused-ring (bicyclic) bond motifs is 1. The molecule has 2 aliphatic heterocycles. The highest BCUT2D eigenvalue weighted by atomic mass is 19.4. The van der Waals surface area contributed by atoms with Gasteiger partial charge in [-0.25, -0.2) is 4.98 Å². The second kappa shape index (κ2) is 7.36. The van der Waals surface area contributed by atoms with Crippen LogP contribution in [0.5, 0.6) is 0 Å². The molecule has 0 N–H and O–H groups in total. The van der Waals surface area contributed by atoms with Crippen molar-refractivity contribution in [3.05, 3.63) is 59.9 Å². The third-order valence-electron chi connectivity index (χ3n) is 5.55. The summed E-state index contributed by atoms with van der Waals surface area (Å²) in [7, 11) is 0. The molecule has 7 nitrogen and oxygen atoms in total. The van der Waals surface area contributed by atoms with Crippen molar-refractivity contribution in [2.24, 2.45) is 0 Å². The van der Waals surface area contributed by atoms with Crippen LogP contribution in [0.25, 0.3) is 11.0 Å². The second-order valence-corrected chi connectivity index (χ2v) is 7.44. The number of hydrogen-bond acceptors (Lipinski definition) is 7. The van der Waals surface area contributed by atoms with Crippen LogP contribution in [0.1, 0.15) is 30.6 Å². The van der Waals surface area contributed by atoms with Crippen LogP contribution in [-0.2, 0) is 10.9 Å². The van der Waals surface area contributed by atoms with Crippen LogP contribution in [0.15, 0.2) is 48.6 Å². The number of hydrogen-bond donors (Lipinski definition) is 0. The van der Waals surface area contributed by atoms with Crippen LogP contribution < -0.4 is 9.80 Å². The third-order valence-corrected chi connectivity index (χ3v) is 5.55. The summed E-state index contributed by atoms with van der Waals surface area (Å²) in [5.41, 5.74) is 0.642. The van der Waals surface area contributed by atoms with Crippen molar-refractivity contribution in [3.63, 3.8) is 0 Å². The zero-order chi connectivity index (χ0) is 21.6. The summed E-state index contributed by atoms with van der Waals surface area (Å²) in [6, 6.07) is 6.16. The maximum absolute atomic E-state index is 13.6. The minimum absolute atomic E-state index is 0.154. The van der Waals surface area contributed by atoms with Crippen molar-refractivity contribution >= 4 is 22.8 Å². The Labute approximate surface area is 176 Å². The summed E-state index contributed by atoms with van der Waals surface area (Å²) in [6.45, 7) is 3.54. The van der Waals surface area contributed by atoms with E-state index in [9.17, 15) is 13.2 Å². The van der Waals surface area contributed by atoms with Crippen LogP contribution in [0, 0.1) is 0 Å². The second-order valence-electron chi connectivity index (χ2n) is 7.44. The molecule has 0 spiro atoms. The molecule has 1 fully saturated rings. The Morgan fingerprint density at radius 1 is 1.06 bits per heavy atom. The quantitative estimate of drug-likeness (QED) is 0.623. The molecule has 0 aromatic carbocycles. The molecule has 1 atom stereocenters. The van der Waals surface area contributed by atoms with E-state index in [1.165, 1.54) is 18.3 Å². The van der Waals surface area contributed by atoms with Gasteiger partial charge in [0.15, 0.2) is 5.65 Å². The molecule has 5 heterocycles. The standard InChI is InChI=1S/C21H19F3N6O/c1-13-12-31-11-10-29(13)20-27-18-15(5-3-8-26-18)19(28-20)30-9-6-16(30)14-4-2-7-25-17(14)21(22,23)24/h2-5,7-8,12,16H,6,9-11H2,1H3. The molecular weight excluding hydrogens is 409 g/mol. The van der Waals surface area contributed by atoms with E-state index in [0.717, 1.165) is 5.70 Å². The molecule has 1 unspecified atom stereocenters. The van der Waals surface area contributed by atoms with Crippen molar-refractivity contribution in [3.8, 4) is 0 Å². The number of anilines is 2. The van der Waals surface area contributed by atoms with Gasteiger partial charge < -0.3 is 14.5 Å². The zero-order valence-electron chi connectivity index (χ0n) is 16.7. The largest absolute Gasteiger partial charge is 0.498 e. The predicted molar refractivity (Wildman–Crippen MR) is 108 cm³/mol. The Morgan fingerprint density at radius 3 is 2.61 bits per heavy atom. The van der Waals surface area contributed by atoms with Crippen molar-refractivity contribution in [2.45, 2.75) is 25.6 Å². The molecular formula is C21H19F3N6O. The first-order valence-corrected chi connectivity index (χ1v) is 9.91. The molecule has 31 heavy (non-hydrogen) atoms. The van der Waals surface area contributed by atoms with E-state index in [0.29, 0.717) is 48.9 Å². The first-order chi connectivity index (χ1) is 14.9. The van der Waals surface area contributed by atoms with E-state index in [1.807, 2.05) is 22.8 Å². The van der Waals surface area contributed by atoms with E-state index < -0.39 is 17.9 Å². The third kappa shape index (κ3) is 3.41. The van der Waals surface area contributed by atoms with Gasteiger partial charge in [-0.3, -0.25) is 4.98 Å². The lowest BCUT2D eigenvalue weighted by Crippen LogP contribution is -2.43. The lowest BCUT2D eigenvalue weighted by molar-refractivity contribution is -0.142. The maximum Gasteiger partial charge on any atom is 0.433 e. The van der Waals surface area contributed by atoms with E-state index in [2.05, 4.69) is 15.0 Å². The normalized spacial score (nSPS) is 19.1. The van der Waals surface area contributed by atoms with Crippen LogP contribution in [0.2, 0.25) is 0 Å². The van der Waals surface area contributed by atoms with Crippen molar-refractivity contribution in [1.29, 1.82) is 0 Å². The van der Waals surface area contributed by atoms with Gasteiger partial charge in [0.05, 0.1) is 23.7 Å². The van der Waals surface area contributed by atoms with Crippen LogP contribution >= 0.6 is 0 Å². The molecule has 1 saturated heterocycles. The van der Waals surface area contributed by atoms with E-state index >= 15 is 0 Å². The number of ether oxygens (including phenoxy) is 1. The molecule has 3 aromatic heterocycles. The number of halogens is 3. The summed E-state index contributed by atoms with van der Waals surface area (Å²) in [5, 5.41) is 0.697. The first-order valence-electron chi connectivity index (χ1n) is 9.91. The van der Waals surface area contributed by atoms with Gasteiger partial charge in [0, 0.05) is 24.5 Å². The molecule has 0 bridgehead atoms. The molecule has 160 valence electrons. The number of allylic oxidation sites excluding steroid dienone is 1. The minimum Gasteiger partial charge on any atom is -0.498 e. The van der Waals surface area contributed by atoms with E-state index in [-0.39, 0.29) is 5.56 Å². The predicted octanol–water partition coefficient (Wildman–Crippen LogP) is 4.09. The highest BCUT2D eigenvalue weighted by Gasteiger charge is 2.41. The summed E-state index contributed by atoms with van der Waals surface area (Å²) < 4.78 is 46.0. The molecule has 0 amide bonds. The van der Waals surface area contributed by atoms with E-state index in [1.54, 1.807) is 18.5 Å². The molecule has 10 heteroatoms. The van der Waals surface area contributed by atoms with E-state index in [4.69, 9.17) is 9.72 Å². The number of rotatable bonds is 3. The number of nitrogens with zero attached hydrogens (tertiary/aromatic N) is 6. The highest BCUT2D eigenvalue weighted by Crippen LogP contribution is 2.43. The van der Waals surface area contributed by atoms with Gasteiger partial charge in [0.25, 0.3) is 0 Å². The topological polar surface area (TPSA) is 67.3 Å². The molecule has 2 aliphatic rings. The number of alkyl halides is 3. The smallest absolute Gasteiger partial charge is 0.433 e. The van der Waals surface area contributed by atoms with Crippen LogP contribution in [-0.4, -0.2) is 39.6 Å². The fourth-order valence-electron chi connectivity index (χ4n) is 3.98. The summed E-state index contributed by atoms with van der Waals surface area (Å²) in [4.78, 5) is 21.1. The molecule has 0 radical (unpaired) electrons. The van der Waals surface area contributed by atoms with Crippen molar-refractivity contribution in [1.82, 2.24) is 19.9 Å². The summed E-state index contributed by atoms with van der Waals surface area (Å²) in [5.74, 6) is 1.02. The Hall–Kier alpha value is -3.43. The fraction of sp³-hybridized carbons (Fsp3) is 0.333. The molecule has 0 aliphatic carbocycles. The first kappa shape index (κ1) is 19.5. The van der Waals surface area contributed by atoms with Crippen molar-refractivity contribution in [2.75, 3.05) is 29.5 Å². The van der Waals surface area contributed by atoms with Gasteiger partial charge in [-0.05, 0) is 31.5 Å². The Morgan fingerprint density at radius 2 is 1.87 bits per heavy atom. The lowest BCUT2D eigenvalue weighted by atomic mass is 9.93. The van der Waals surface area contributed by atoms with Gasteiger partial charge in [-0.1, -0.05) is 6.07 Å². The Balaban J connectivity index is 1.61. The lowest BCUT2D eigenvalue weighted by Gasteiger charge is -2.43. The van der Waals surface area contributed by atoms with Gasteiger partial charge in [-0.15, -0.1) is 0 Å². The Kier molecular flexibility index (Phi) is 4.64. The fourth-order valence-corrected chi connectivity index (χ4v) is 3.98. The van der Waals surface area contributed by atoms with Crippen LogP contribution in [0.4, 0.5) is 24.9 Å². The van der Waals surface area contributed by atoms with Gasteiger partial charge >= 0.3 is 6.18 Å². The maximum atomic E-state index is 13.6. The Bertz CT molecular complexity index is 1170. The van der Waals surface area contributed by atoms with Crippen LogP contribution in [0.3, 0.4) is 0 Å². The molecule has 3 aromatic rings. The summed E-state index contributed by atoms with van der Waals surface area (Å²) >= 11 is 0. The summed E-state index contributed by atoms with van der Waals surface area (Å²) in [6.07, 6.45) is 0.513. The average Bonchev–Trinajstić information content (AvgIpc) is 2.73. The number of aromatic nitrogens is 4.